The standard InChI is InChI=1S/C22H45BrO/c1-7-8-9-10-11-14-17-20(22(5,6)21(2,3)4)24-19-16-13-12-15-18-23/h20H,7-19H2,1-6H3. The van der Waals surface area contributed by atoms with Crippen molar-refractivity contribution < 1.29 is 4.74 Å². The minimum atomic E-state index is 0.215. The van der Waals surface area contributed by atoms with Crippen LogP contribution in [0.25, 0.3) is 0 Å². The third kappa shape index (κ3) is 10.4. The normalized spacial score (nSPS) is 14.1. The molecule has 0 rings (SSSR count). The van der Waals surface area contributed by atoms with Gasteiger partial charge < -0.3 is 4.74 Å². The Labute approximate surface area is 161 Å². The van der Waals surface area contributed by atoms with E-state index < -0.39 is 0 Å². The Bertz CT molecular complexity index is 264. The molecule has 1 unspecified atom stereocenters. The number of rotatable bonds is 15. The molecule has 0 aromatic carbocycles. The lowest BCUT2D eigenvalue weighted by Crippen LogP contribution is -2.42. The first-order valence-corrected chi connectivity index (χ1v) is 11.6. The number of hydrogen-bond acceptors (Lipinski definition) is 1. The molecule has 0 N–H and O–H groups in total. The van der Waals surface area contributed by atoms with Crippen molar-refractivity contribution in [3.8, 4) is 0 Å². The van der Waals surface area contributed by atoms with E-state index in [4.69, 9.17) is 4.74 Å². The highest BCUT2D eigenvalue weighted by molar-refractivity contribution is 9.09. The molecule has 0 aromatic heterocycles. The average molecular weight is 406 g/mol. The highest BCUT2D eigenvalue weighted by Crippen LogP contribution is 2.43. The van der Waals surface area contributed by atoms with Crippen LogP contribution in [0.5, 0.6) is 0 Å². The van der Waals surface area contributed by atoms with Crippen molar-refractivity contribution in [1.82, 2.24) is 0 Å². The van der Waals surface area contributed by atoms with Gasteiger partial charge in [-0.05, 0) is 30.1 Å². The number of unbranched alkanes of at least 4 members (excludes halogenated alkanes) is 8. The van der Waals surface area contributed by atoms with Gasteiger partial charge in [0.2, 0.25) is 0 Å². The molecule has 0 radical (unpaired) electrons. The zero-order chi connectivity index (χ0) is 18.5. The van der Waals surface area contributed by atoms with Gasteiger partial charge in [-0.2, -0.15) is 0 Å². The maximum Gasteiger partial charge on any atom is 0.0631 e. The van der Waals surface area contributed by atoms with Crippen molar-refractivity contribution in [1.29, 1.82) is 0 Å². The molecule has 0 aromatic rings. The van der Waals surface area contributed by atoms with Gasteiger partial charge in [-0.25, -0.2) is 0 Å². The summed E-state index contributed by atoms with van der Waals surface area (Å²) in [7, 11) is 0. The minimum absolute atomic E-state index is 0.215. The van der Waals surface area contributed by atoms with Crippen molar-refractivity contribution in [2.24, 2.45) is 10.8 Å². The third-order valence-electron chi connectivity index (χ3n) is 5.90. The smallest absolute Gasteiger partial charge is 0.0631 e. The molecule has 1 atom stereocenters. The summed E-state index contributed by atoms with van der Waals surface area (Å²) >= 11 is 3.51. The lowest BCUT2D eigenvalue weighted by Gasteiger charge is -2.45. The molecule has 1 nitrogen and oxygen atoms in total. The molecule has 2 heteroatoms. The van der Waals surface area contributed by atoms with Crippen LogP contribution in [0.15, 0.2) is 0 Å². The van der Waals surface area contributed by atoms with E-state index in [2.05, 4.69) is 57.5 Å². The molecule has 24 heavy (non-hydrogen) atoms. The Morgan fingerprint density at radius 3 is 1.88 bits per heavy atom. The molecule has 0 aliphatic heterocycles. The van der Waals surface area contributed by atoms with Crippen molar-refractivity contribution in [2.75, 3.05) is 11.9 Å². The van der Waals surface area contributed by atoms with Gasteiger partial charge in [-0.15, -0.1) is 0 Å². The first-order valence-electron chi connectivity index (χ1n) is 10.4. The van der Waals surface area contributed by atoms with Crippen molar-refractivity contribution in [3.63, 3.8) is 0 Å². The third-order valence-corrected chi connectivity index (χ3v) is 6.47. The van der Waals surface area contributed by atoms with Crippen LogP contribution < -0.4 is 0 Å². The lowest BCUT2D eigenvalue weighted by molar-refractivity contribution is -0.0812. The van der Waals surface area contributed by atoms with E-state index in [0.29, 0.717) is 6.10 Å². The Morgan fingerprint density at radius 2 is 1.29 bits per heavy atom. The van der Waals surface area contributed by atoms with Gasteiger partial charge >= 0.3 is 0 Å². The summed E-state index contributed by atoms with van der Waals surface area (Å²) < 4.78 is 6.43. The van der Waals surface area contributed by atoms with E-state index in [1.165, 1.54) is 70.6 Å². The largest absolute Gasteiger partial charge is 0.378 e. The predicted octanol–water partition coefficient (Wildman–Crippen LogP) is 8.15. The topological polar surface area (TPSA) is 9.23 Å². The second-order valence-electron chi connectivity index (χ2n) is 8.99. The zero-order valence-electron chi connectivity index (χ0n) is 17.6. The van der Waals surface area contributed by atoms with Gasteiger partial charge in [0.15, 0.2) is 0 Å². The molecule has 0 spiro atoms. The summed E-state index contributed by atoms with van der Waals surface area (Å²) in [6.45, 7) is 15.1. The monoisotopic (exact) mass is 404 g/mol. The van der Waals surface area contributed by atoms with Crippen molar-refractivity contribution in [3.05, 3.63) is 0 Å². The van der Waals surface area contributed by atoms with E-state index in [-0.39, 0.29) is 10.8 Å². The van der Waals surface area contributed by atoms with Crippen LogP contribution in [-0.2, 0) is 4.74 Å². The van der Waals surface area contributed by atoms with Crippen molar-refractivity contribution >= 4 is 15.9 Å². The fourth-order valence-electron chi connectivity index (χ4n) is 3.02. The molecule has 0 amide bonds. The Morgan fingerprint density at radius 1 is 0.750 bits per heavy atom. The first kappa shape index (κ1) is 24.4. The van der Waals surface area contributed by atoms with Gasteiger partial charge in [-0.1, -0.05) is 109 Å². The molecule has 0 saturated heterocycles. The number of ether oxygens (including phenoxy) is 1. The molecular weight excluding hydrogens is 360 g/mol. The fourth-order valence-corrected chi connectivity index (χ4v) is 3.42. The second-order valence-corrected chi connectivity index (χ2v) is 9.78. The highest BCUT2D eigenvalue weighted by atomic mass is 79.9. The maximum absolute atomic E-state index is 6.43. The zero-order valence-corrected chi connectivity index (χ0v) is 19.1. The van der Waals surface area contributed by atoms with Crippen LogP contribution in [0.3, 0.4) is 0 Å². The number of hydrogen-bond donors (Lipinski definition) is 0. The molecule has 0 bridgehead atoms. The van der Waals surface area contributed by atoms with Crippen molar-refractivity contribution in [2.45, 2.75) is 118 Å². The summed E-state index contributed by atoms with van der Waals surface area (Å²) in [5.74, 6) is 0. The van der Waals surface area contributed by atoms with E-state index in [1.807, 2.05) is 0 Å². The quantitative estimate of drug-likeness (QED) is 0.197. The summed E-state index contributed by atoms with van der Waals surface area (Å²) in [4.78, 5) is 0. The van der Waals surface area contributed by atoms with E-state index in [0.717, 1.165) is 11.9 Å². The summed E-state index contributed by atoms with van der Waals surface area (Å²) in [5, 5.41) is 1.13. The molecule has 0 fully saturated rings. The average Bonchev–Trinajstić information content (AvgIpc) is 2.50. The Balaban J connectivity index is 4.30. The SMILES string of the molecule is CCCCCCCCC(OCCCCCCBr)C(C)(C)C(C)(C)C. The van der Waals surface area contributed by atoms with Gasteiger partial charge in [0.25, 0.3) is 0 Å². The van der Waals surface area contributed by atoms with E-state index >= 15 is 0 Å². The lowest BCUT2D eigenvalue weighted by atomic mass is 9.65. The fraction of sp³-hybridized carbons (Fsp3) is 1.00. The summed E-state index contributed by atoms with van der Waals surface area (Å²) in [6.07, 6.45) is 14.9. The van der Waals surface area contributed by atoms with Crippen LogP contribution in [0, 0.1) is 10.8 Å². The molecule has 0 aliphatic carbocycles. The van der Waals surface area contributed by atoms with E-state index in [1.54, 1.807) is 0 Å². The van der Waals surface area contributed by atoms with Gasteiger partial charge in [0.05, 0.1) is 6.10 Å². The Kier molecular flexibility index (Phi) is 13.9. The van der Waals surface area contributed by atoms with Crippen LogP contribution in [-0.4, -0.2) is 18.0 Å². The first-order chi connectivity index (χ1) is 11.3. The minimum Gasteiger partial charge on any atom is -0.378 e. The number of halogens is 1. The van der Waals surface area contributed by atoms with Crippen LogP contribution in [0.2, 0.25) is 0 Å². The predicted molar refractivity (Wildman–Crippen MR) is 113 cm³/mol. The summed E-state index contributed by atoms with van der Waals surface area (Å²) in [6, 6.07) is 0. The summed E-state index contributed by atoms with van der Waals surface area (Å²) in [5.41, 5.74) is 0.488. The Hall–Kier alpha value is 0.440. The van der Waals surface area contributed by atoms with Gasteiger partial charge in [0.1, 0.15) is 0 Å². The van der Waals surface area contributed by atoms with Crippen LogP contribution in [0.4, 0.5) is 0 Å². The van der Waals surface area contributed by atoms with E-state index in [9.17, 15) is 0 Å². The molecule has 0 aliphatic rings. The van der Waals surface area contributed by atoms with Gasteiger partial charge in [0, 0.05) is 11.9 Å². The van der Waals surface area contributed by atoms with Crippen LogP contribution in [0.1, 0.15) is 112 Å². The molecule has 146 valence electrons. The molecular formula is C22H45BrO. The maximum atomic E-state index is 6.43. The molecule has 0 saturated carbocycles. The highest BCUT2D eigenvalue weighted by Gasteiger charge is 2.40. The van der Waals surface area contributed by atoms with Crippen LogP contribution >= 0.6 is 15.9 Å². The van der Waals surface area contributed by atoms with Gasteiger partial charge in [-0.3, -0.25) is 0 Å². The molecule has 0 heterocycles. The number of alkyl halides is 1. The second kappa shape index (κ2) is 13.6.